The van der Waals surface area contributed by atoms with Crippen LogP contribution >= 0.6 is 0 Å². The number of hydrogen-bond acceptors (Lipinski definition) is 4. The number of rotatable bonds is 3. The Labute approximate surface area is 126 Å². The van der Waals surface area contributed by atoms with E-state index in [1.807, 2.05) is 19.1 Å². The molecule has 1 rings (SSSR count). The van der Waals surface area contributed by atoms with Crippen molar-refractivity contribution in [2.75, 3.05) is 5.75 Å². The van der Waals surface area contributed by atoms with Gasteiger partial charge in [0, 0.05) is 4.90 Å². The van der Waals surface area contributed by atoms with Crippen molar-refractivity contribution in [1.82, 2.24) is 0 Å². The van der Waals surface area contributed by atoms with Gasteiger partial charge < -0.3 is 15.6 Å². The van der Waals surface area contributed by atoms with Crippen LogP contribution in [0.3, 0.4) is 0 Å². The van der Waals surface area contributed by atoms with Gasteiger partial charge in [-0.3, -0.25) is 9.00 Å². The number of amides is 1. The summed E-state index contributed by atoms with van der Waals surface area (Å²) in [7, 11) is -1.42. The predicted molar refractivity (Wildman–Crippen MR) is 80.5 cm³/mol. The van der Waals surface area contributed by atoms with Crippen molar-refractivity contribution >= 4 is 22.9 Å². The highest BCUT2D eigenvalue weighted by Crippen LogP contribution is 2.11. The van der Waals surface area contributed by atoms with Crippen molar-refractivity contribution in [3.8, 4) is 0 Å². The molecule has 0 spiro atoms. The van der Waals surface area contributed by atoms with Crippen LogP contribution < -0.4 is 5.73 Å². The van der Waals surface area contributed by atoms with Crippen LogP contribution in [0.2, 0.25) is 0 Å². The number of carbonyl (C=O) groups is 2. The lowest BCUT2D eigenvalue weighted by molar-refractivity contribution is -0.133. The molecule has 21 heavy (non-hydrogen) atoms. The molecular formula is C14H21NO5S. The third kappa shape index (κ3) is 9.61. The Kier molecular flexibility index (Phi) is 7.65. The van der Waals surface area contributed by atoms with Gasteiger partial charge in [0.25, 0.3) is 0 Å². The van der Waals surface area contributed by atoms with Crippen LogP contribution in [0.25, 0.3) is 0 Å². The van der Waals surface area contributed by atoms with Gasteiger partial charge in [0.15, 0.2) is 0 Å². The van der Waals surface area contributed by atoms with Crippen molar-refractivity contribution in [1.29, 1.82) is 0 Å². The average Bonchev–Trinajstić information content (AvgIpc) is 2.25. The summed E-state index contributed by atoms with van der Waals surface area (Å²) in [5.74, 6) is -1.37. The molecule has 1 aromatic rings. The fourth-order valence-corrected chi connectivity index (χ4v) is 2.34. The van der Waals surface area contributed by atoms with Crippen molar-refractivity contribution in [2.45, 2.75) is 38.2 Å². The van der Waals surface area contributed by atoms with Gasteiger partial charge in [-0.1, -0.05) is 18.2 Å². The lowest BCUT2D eigenvalue weighted by Gasteiger charge is -2.16. The molecule has 1 atom stereocenters. The first kappa shape index (κ1) is 19.1. The molecule has 0 radical (unpaired) electrons. The van der Waals surface area contributed by atoms with E-state index in [1.165, 1.54) is 0 Å². The van der Waals surface area contributed by atoms with E-state index in [9.17, 15) is 13.8 Å². The van der Waals surface area contributed by atoms with E-state index in [1.54, 1.807) is 32.9 Å². The third-order valence-corrected chi connectivity index (χ3v) is 3.46. The third-order valence-electron chi connectivity index (χ3n) is 2.00. The van der Waals surface area contributed by atoms with Crippen LogP contribution in [0.4, 0.5) is 4.79 Å². The Morgan fingerprint density at radius 3 is 2.14 bits per heavy atom. The Hall–Kier alpha value is -1.89. The van der Waals surface area contributed by atoms with Crippen LogP contribution in [0.15, 0.2) is 29.2 Å². The summed E-state index contributed by atoms with van der Waals surface area (Å²) < 4.78 is 16.0. The number of nitrogens with two attached hydrogens (primary N) is 1. The van der Waals surface area contributed by atoms with E-state index in [0.29, 0.717) is 4.90 Å². The smallest absolute Gasteiger partial charge is 0.405 e. The summed E-state index contributed by atoms with van der Waals surface area (Å²) in [5.41, 5.74) is 5.13. The summed E-state index contributed by atoms with van der Waals surface area (Å²) in [6.45, 7) is 7.10. The summed E-state index contributed by atoms with van der Waals surface area (Å²) in [6.07, 6.45) is -0.725. The van der Waals surface area contributed by atoms with E-state index < -0.39 is 28.5 Å². The van der Waals surface area contributed by atoms with Crippen LogP contribution in [-0.2, 0) is 20.3 Å². The Balaban J connectivity index is 0.000000433. The zero-order valence-corrected chi connectivity index (χ0v) is 13.4. The zero-order valence-electron chi connectivity index (χ0n) is 12.6. The number of primary amides is 1. The molecule has 1 aromatic carbocycles. The number of aliphatic carboxylic acids is 1. The first-order valence-electron chi connectivity index (χ1n) is 6.17. The molecule has 0 aliphatic heterocycles. The molecule has 7 heteroatoms. The highest BCUT2D eigenvalue weighted by atomic mass is 32.2. The molecule has 0 heterocycles. The molecule has 0 aliphatic rings. The second kappa shape index (κ2) is 8.41. The summed E-state index contributed by atoms with van der Waals surface area (Å²) in [6, 6.07) is 7.09. The summed E-state index contributed by atoms with van der Waals surface area (Å²) >= 11 is 0. The van der Waals surface area contributed by atoms with Gasteiger partial charge in [-0.15, -0.1) is 0 Å². The highest BCUT2D eigenvalue weighted by Gasteiger charge is 2.12. The zero-order chi connectivity index (χ0) is 16.6. The maximum Gasteiger partial charge on any atom is 0.405 e. The normalized spacial score (nSPS) is 11.8. The fraction of sp³-hybridized carbons (Fsp3) is 0.429. The molecule has 0 aliphatic carbocycles. The van der Waals surface area contributed by atoms with Crippen LogP contribution in [0, 0.1) is 6.92 Å². The molecule has 0 saturated carbocycles. The summed E-state index contributed by atoms with van der Waals surface area (Å²) in [4.78, 5) is 20.9. The number of ether oxygens (including phenoxy) is 1. The van der Waals surface area contributed by atoms with E-state index in [2.05, 4.69) is 4.74 Å². The number of aryl methyl sites for hydroxylation is 1. The number of carboxylic acid groups (broad SMARTS) is 1. The van der Waals surface area contributed by atoms with Gasteiger partial charge in [-0.05, 0) is 39.3 Å². The number of hydrogen-bond donors (Lipinski definition) is 2. The monoisotopic (exact) mass is 315 g/mol. The Morgan fingerprint density at radius 2 is 1.81 bits per heavy atom. The molecule has 0 saturated heterocycles. The molecule has 3 N–H and O–H groups in total. The molecular weight excluding hydrogens is 294 g/mol. The predicted octanol–water partition coefficient (Wildman–Crippen LogP) is 2.07. The first-order chi connectivity index (χ1) is 9.53. The topological polar surface area (TPSA) is 107 Å². The molecule has 1 amide bonds. The Bertz CT molecular complexity index is 522. The minimum Gasteiger partial charge on any atom is -0.481 e. The van der Waals surface area contributed by atoms with E-state index in [4.69, 9.17) is 10.8 Å². The van der Waals surface area contributed by atoms with Crippen LogP contribution in [-0.4, -0.2) is 32.7 Å². The number of benzene rings is 1. The van der Waals surface area contributed by atoms with Gasteiger partial charge in [0.2, 0.25) is 0 Å². The molecule has 0 fully saturated rings. The summed E-state index contributed by atoms with van der Waals surface area (Å²) in [5, 5.41) is 8.44. The van der Waals surface area contributed by atoms with Gasteiger partial charge in [0.1, 0.15) is 11.4 Å². The second-order valence-corrected chi connectivity index (χ2v) is 6.60. The van der Waals surface area contributed by atoms with Crippen molar-refractivity contribution in [3.05, 3.63) is 29.8 Å². The standard InChI is InChI=1S/C9H10O3S.C5H11NO2/c1-7-4-2-3-5-8(7)13(12)6-9(10)11;1-5(2,3)8-4(6)7/h2-5H,6H2,1H3,(H,10,11);1-3H3,(H2,6,7). The lowest BCUT2D eigenvalue weighted by atomic mass is 10.2. The molecule has 1 unspecified atom stereocenters. The van der Waals surface area contributed by atoms with Crippen molar-refractivity contribution < 1.29 is 23.6 Å². The van der Waals surface area contributed by atoms with Gasteiger partial charge in [0.05, 0.1) is 10.8 Å². The molecule has 0 aromatic heterocycles. The largest absolute Gasteiger partial charge is 0.481 e. The van der Waals surface area contributed by atoms with Gasteiger partial charge >= 0.3 is 12.1 Å². The number of carbonyl (C=O) groups excluding carboxylic acids is 1. The average molecular weight is 315 g/mol. The van der Waals surface area contributed by atoms with Gasteiger partial charge in [-0.2, -0.15) is 0 Å². The minimum atomic E-state index is -1.42. The lowest BCUT2D eigenvalue weighted by Crippen LogP contribution is -2.27. The number of carboxylic acids is 1. The quantitative estimate of drug-likeness (QED) is 0.888. The molecule has 118 valence electrons. The van der Waals surface area contributed by atoms with Crippen molar-refractivity contribution in [3.63, 3.8) is 0 Å². The highest BCUT2D eigenvalue weighted by molar-refractivity contribution is 7.85. The maximum atomic E-state index is 11.4. The fourth-order valence-electron chi connectivity index (χ4n) is 1.30. The Morgan fingerprint density at radius 1 is 1.29 bits per heavy atom. The van der Waals surface area contributed by atoms with E-state index >= 15 is 0 Å². The van der Waals surface area contributed by atoms with E-state index in [-0.39, 0.29) is 5.75 Å². The maximum absolute atomic E-state index is 11.4. The van der Waals surface area contributed by atoms with Crippen molar-refractivity contribution in [2.24, 2.45) is 5.73 Å². The van der Waals surface area contributed by atoms with Crippen LogP contribution in [0.5, 0.6) is 0 Å². The van der Waals surface area contributed by atoms with E-state index in [0.717, 1.165) is 5.56 Å². The molecule has 0 bridgehead atoms. The molecule has 6 nitrogen and oxygen atoms in total. The van der Waals surface area contributed by atoms with Gasteiger partial charge in [-0.25, -0.2) is 4.79 Å². The first-order valence-corrected chi connectivity index (χ1v) is 7.49. The minimum absolute atomic E-state index is 0.329. The second-order valence-electron chi connectivity index (χ2n) is 5.18. The SMILES string of the molecule is CC(C)(C)OC(N)=O.Cc1ccccc1S(=O)CC(=O)O. The van der Waals surface area contributed by atoms with Crippen LogP contribution in [0.1, 0.15) is 26.3 Å².